The molecule has 0 heterocycles. The summed E-state index contributed by atoms with van der Waals surface area (Å²) in [5, 5.41) is 3.30. The molecule has 1 saturated carbocycles. The molecule has 26 heavy (non-hydrogen) atoms. The number of ether oxygens (including phenoxy) is 1. The van der Waals surface area contributed by atoms with E-state index >= 15 is 0 Å². The fourth-order valence-electron chi connectivity index (χ4n) is 2.86. The molecule has 1 aromatic carbocycles. The molecule has 146 valence electrons. The highest BCUT2D eigenvalue weighted by molar-refractivity contribution is 7.89. The van der Waals surface area contributed by atoms with Crippen LogP contribution >= 0.6 is 23.2 Å². The minimum Gasteiger partial charge on any atom is -0.444 e. The van der Waals surface area contributed by atoms with Gasteiger partial charge in [0.25, 0.3) is 0 Å². The van der Waals surface area contributed by atoms with Crippen molar-refractivity contribution < 1.29 is 17.9 Å². The molecule has 9 heteroatoms. The van der Waals surface area contributed by atoms with Gasteiger partial charge in [0.1, 0.15) is 10.5 Å². The van der Waals surface area contributed by atoms with Gasteiger partial charge in [-0.15, -0.1) is 0 Å². The molecular formula is C17H24Cl2N2O4S. The molecule has 0 spiro atoms. The summed E-state index contributed by atoms with van der Waals surface area (Å²) >= 11 is 11.8. The Balaban J connectivity index is 1.86. The van der Waals surface area contributed by atoms with Crippen molar-refractivity contribution in [2.24, 2.45) is 5.92 Å². The highest BCUT2D eigenvalue weighted by Gasteiger charge is 2.29. The van der Waals surface area contributed by atoms with Gasteiger partial charge in [0.05, 0.1) is 5.02 Å². The Morgan fingerprint density at radius 3 is 2.58 bits per heavy atom. The predicted octanol–water partition coefficient (Wildman–Crippen LogP) is 3.97. The summed E-state index contributed by atoms with van der Waals surface area (Å²) < 4.78 is 32.7. The largest absolute Gasteiger partial charge is 0.444 e. The molecule has 1 fully saturated rings. The Kier molecular flexibility index (Phi) is 6.82. The van der Waals surface area contributed by atoms with E-state index in [1.165, 1.54) is 18.2 Å². The first-order chi connectivity index (χ1) is 12.0. The second kappa shape index (κ2) is 8.33. The smallest absolute Gasteiger partial charge is 0.407 e. The van der Waals surface area contributed by atoms with Crippen molar-refractivity contribution in [3.05, 3.63) is 28.2 Å². The van der Waals surface area contributed by atoms with E-state index in [4.69, 9.17) is 27.9 Å². The lowest BCUT2D eigenvalue weighted by molar-refractivity contribution is 0.0504. The van der Waals surface area contributed by atoms with E-state index < -0.39 is 21.7 Å². The van der Waals surface area contributed by atoms with E-state index in [0.29, 0.717) is 11.4 Å². The predicted molar refractivity (Wildman–Crippen MR) is 102 cm³/mol. The Morgan fingerprint density at radius 1 is 1.27 bits per heavy atom. The Bertz CT molecular complexity index is 763. The number of carbonyl (C=O) groups excluding carboxylic acids is 1. The van der Waals surface area contributed by atoms with Crippen molar-refractivity contribution in [2.75, 3.05) is 6.54 Å². The van der Waals surface area contributed by atoms with Crippen molar-refractivity contribution in [2.45, 2.75) is 56.6 Å². The third-order valence-electron chi connectivity index (χ3n) is 4.01. The highest BCUT2D eigenvalue weighted by Crippen LogP contribution is 2.28. The number of rotatable bonds is 5. The molecule has 1 amide bonds. The maximum Gasteiger partial charge on any atom is 0.407 e. The first kappa shape index (κ1) is 21.3. The average Bonchev–Trinajstić information content (AvgIpc) is 2.90. The maximum absolute atomic E-state index is 12.4. The fourth-order valence-corrected chi connectivity index (χ4v) is 4.75. The number of alkyl carbamates (subject to hydrolysis) is 1. The summed E-state index contributed by atoms with van der Waals surface area (Å²) in [5.41, 5.74) is -0.546. The van der Waals surface area contributed by atoms with E-state index in [1.54, 1.807) is 20.8 Å². The van der Waals surface area contributed by atoms with Gasteiger partial charge in [-0.25, -0.2) is 17.9 Å². The van der Waals surface area contributed by atoms with Crippen LogP contribution in [0.4, 0.5) is 4.79 Å². The molecule has 6 nitrogen and oxygen atoms in total. The van der Waals surface area contributed by atoms with Crippen molar-refractivity contribution in [1.29, 1.82) is 0 Å². The minimum absolute atomic E-state index is 0.00462. The number of hydrogen-bond donors (Lipinski definition) is 2. The summed E-state index contributed by atoms with van der Waals surface area (Å²) in [5.74, 6) is 0.135. The zero-order valence-electron chi connectivity index (χ0n) is 15.0. The van der Waals surface area contributed by atoms with Gasteiger partial charge in [-0.2, -0.15) is 0 Å². The topological polar surface area (TPSA) is 84.5 Å². The van der Waals surface area contributed by atoms with Crippen molar-refractivity contribution in [1.82, 2.24) is 10.0 Å². The van der Waals surface area contributed by atoms with Crippen LogP contribution < -0.4 is 10.0 Å². The summed E-state index contributed by atoms with van der Waals surface area (Å²) in [6.45, 7) is 5.70. The van der Waals surface area contributed by atoms with Crippen LogP contribution in [0.5, 0.6) is 0 Å². The third-order valence-corrected chi connectivity index (χ3v) is 6.15. The van der Waals surface area contributed by atoms with E-state index in [0.717, 1.165) is 12.8 Å². The maximum atomic E-state index is 12.4. The van der Waals surface area contributed by atoms with E-state index in [1.807, 2.05) is 0 Å². The van der Waals surface area contributed by atoms with Gasteiger partial charge < -0.3 is 10.1 Å². The number of amides is 1. The van der Waals surface area contributed by atoms with Crippen LogP contribution in [0.2, 0.25) is 10.0 Å². The number of hydrogen-bond acceptors (Lipinski definition) is 4. The molecule has 0 unspecified atom stereocenters. The summed E-state index contributed by atoms with van der Waals surface area (Å²) in [6, 6.07) is 4.25. The van der Waals surface area contributed by atoms with Crippen LogP contribution in [-0.2, 0) is 14.8 Å². The van der Waals surface area contributed by atoms with Gasteiger partial charge in [-0.05, 0) is 64.2 Å². The molecule has 2 N–H and O–H groups in total. The minimum atomic E-state index is -3.71. The molecule has 0 saturated heterocycles. The molecule has 2 atom stereocenters. The quantitative estimate of drug-likeness (QED) is 0.751. The molecule has 0 bridgehead atoms. The average molecular weight is 423 g/mol. The zero-order chi connectivity index (χ0) is 19.5. The number of carbonyl (C=O) groups is 1. The normalized spacial score (nSPS) is 20.8. The monoisotopic (exact) mass is 422 g/mol. The molecule has 0 aliphatic heterocycles. The highest BCUT2D eigenvalue weighted by atomic mass is 35.5. The molecule has 0 radical (unpaired) electrons. The SMILES string of the molecule is CC(C)(C)OC(=O)N[C@H]1CC[C@@H](CNS(=O)(=O)c2ccc(Cl)cc2Cl)C1. The third kappa shape index (κ3) is 6.30. The molecule has 1 aliphatic rings. The van der Waals surface area contributed by atoms with Crippen LogP contribution in [0.1, 0.15) is 40.0 Å². The lowest BCUT2D eigenvalue weighted by atomic mass is 10.1. The van der Waals surface area contributed by atoms with Crippen molar-refractivity contribution >= 4 is 39.3 Å². The lowest BCUT2D eigenvalue weighted by Crippen LogP contribution is -2.38. The number of benzene rings is 1. The summed E-state index contributed by atoms with van der Waals surface area (Å²) in [7, 11) is -3.71. The molecule has 0 aromatic heterocycles. The number of sulfonamides is 1. The van der Waals surface area contributed by atoms with Gasteiger partial charge in [-0.3, -0.25) is 0 Å². The van der Waals surface area contributed by atoms with Gasteiger partial charge in [-0.1, -0.05) is 23.2 Å². The molecule has 1 aliphatic carbocycles. The van der Waals surface area contributed by atoms with Gasteiger partial charge >= 0.3 is 6.09 Å². The lowest BCUT2D eigenvalue weighted by Gasteiger charge is -2.21. The second-order valence-corrected chi connectivity index (χ2v) is 10.0. The van der Waals surface area contributed by atoms with E-state index in [9.17, 15) is 13.2 Å². The first-order valence-electron chi connectivity index (χ1n) is 8.40. The summed E-state index contributed by atoms with van der Waals surface area (Å²) in [4.78, 5) is 11.8. The standard InChI is InChI=1S/C17H24Cl2N2O4S/c1-17(2,3)25-16(22)21-13-6-4-11(8-13)10-20-26(23,24)15-7-5-12(18)9-14(15)19/h5,7,9,11,13,20H,4,6,8,10H2,1-3H3,(H,21,22)/t11-,13+/m1/s1. The van der Waals surface area contributed by atoms with Gasteiger partial charge in [0.2, 0.25) is 10.0 Å². The van der Waals surface area contributed by atoms with Crippen LogP contribution in [0.25, 0.3) is 0 Å². The zero-order valence-corrected chi connectivity index (χ0v) is 17.3. The van der Waals surface area contributed by atoms with E-state index in [-0.39, 0.29) is 28.4 Å². The second-order valence-electron chi connectivity index (χ2n) is 7.45. The van der Waals surface area contributed by atoms with Crippen molar-refractivity contribution in [3.63, 3.8) is 0 Å². The number of nitrogens with one attached hydrogen (secondary N) is 2. The van der Waals surface area contributed by atoms with Crippen LogP contribution in [-0.4, -0.2) is 32.7 Å². The number of halogens is 2. The van der Waals surface area contributed by atoms with Crippen LogP contribution in [0.3, 0.4) is 0 Å². The summed E-state index contributed by atoms with van der Waals surface area (Å²) in [6.07, 6.45) is 1.84. The van der Waals surface area contributed by atoms with Crippen LogP contribution in [0, 0.1) is 5.92 Å². The first-order valence-corrected chi connectivity index (χ1v) is 10.6. The Labute approximate surface area is 164 Å². The van der Waals surface area contributed by atoms with E-state index in [2.05, 4.69) is 10.0 Å². The Hall–Kier alpha value is -1.02. The molecule has 1 aromatic rings. The molecule has 2 rings (SSSR count). The van der Waals surface area contributed by atoms with Gasteiger partial charge in [0, 0.05) is 17.6 Å². The fraction of sp³-hybridized carbons (Fsp3) is 0.588. The van der Waals surface area contributed by atoms with Crippen molar-refractivity contribution in [3.8, 4) is 0 Å². The van der Waals surface area contributed by atoms with Crippen LogP contribution in [0.15, 0.2) is 23.1 Å². The molecular weight excluding hydrogens is 399 g/mol. The Morgan fingerprint density at radius 2 is 1.96 bits per heavy atom. The van der Waals surface area contributed by atoms with Gasteiger partial charge in [0.15, 0.2) is 0 Å².